The number of carboxylic acids is 1. The van der Waals surface area contributed by atoms with Crippen LogP contribution in [0.2, 0.25) is 10.0 Å². The lowest BCUT2D eigenvalue weighted by molar-refractivity contribution is -0.136. The fraction of sp³-hybridized carbons (Fsp3) is 0.167. The first-order valence-corrected chi connectivity index (χ1v) is 6.11. The zero-order valence-electron chi connectivity index (χ0n) is 9.91. The Hall–Kier alpha value is -1.72. The number of aryl methyl sites for hydroxylation is 1. The fourth-order valence-corrected chi connectivity index (χ4v) is 2.08. The minimum Gasteiger partial charge on any atom is -0.481 e. The first kappa shape index (κ1) is 13.7. The van der Waals surface area contributed by atoms with Gasteiger partial charge < -0.3 is 9.84 Å². The SMILES string of the molecule is Cc1[nH]nc(CC(=O)O)c1Oc1cc(Cl)cc(Cl)c1. The zero-order chi connectivity index (χ0) is 14.0. The van der Waals surface area contributed by atoms with E-state index in [0.717, 1.165) is 0 Å². The third kappa shape index (κ3) is 3.39. The molecule has 19 heavy (non-hydrogen) atoms. The third-order valence-electron chi connectivity index (χ3n) is 2.34. The van der Waals surface area contributed by atoms with Crippen molar-refractivity contribution in [2.45, 2.75) is 13.3 Å². The summed E-state index contributed by atoms with van der Waals surface area (Å²) in [6, 6.07) is 4.76. The summed E-state index contributed by atoms with van der Waals surface area (Å²) in [7, 11) is 0. The van der Waals surface area contributed by atoms with Gasteiger partial charge in [-0.1, -0.05) is 23.2 Å². The van der Waals surface area contributed by atoms with Crippen molar-refractivity contribution in [3.63, 3.8) is 0 Å². The van der Waals surface area contributed by atoms with Crippen molar-refractivity contribution in [2.24, 2.45) is 0 Å². The Balaban J connectivity index is 2.32. The Labute approximate surface area is 119 Å². The van der Waals surface area contributed by atoms with Gasteiger partial charge in [-0.25, -0.2) is 0 Å². The highest BCUT2D eigenvalue weighted by atomic mass is 35.5. The van der Waals surface area contributed by atoms with E-state index in [0.29, 0.717) is 32.9 Å². The van der Waals surface area contributed by atoms with Gasteiger partial charge in [-0.15, -0.1) is 0 Å². The molecule has 0 unspecified atom stereocenters. The van der Waals surface area contributed by atoms with Crippen molar-refractivity contribution in [1.29, 1.82) is 0 Å². The van der Waals surface area contributed by atoms with Crippen molar-refractivity contribution >= 4 is 29.2 Å². The molecular formula is C12H10Cl2N2O3. The van der Waals surface area contributed by atoms with E-state index in [2.05, 4.69) is 10.2 Å². The number of hydrogen-bond acceptors (Lipinski definition) is 3. The molecule has 2 rings (SSSR count). The van der Waals surface area contributed by atoms with Gasteiger partial charge in [0.05, 0.1) is 12.1 Å². The average molecular weight is 301 g/mol. The maximum absolute atomic E-state index is 10.7. The standard InChI is InChI=1S/C12H10Cl2N2O3/c1-6-12(10(16-15-6)5-11(17)18)19-9-3-7(13)2-8(14)4-9/h2-4H,5H2,1H3,(H,15,16)(H,17,18). The molecule has 5 nitrogen and oxygen atoms in total. The van der Waals surface area contributed by atoms with Crippen LogP contribution in [0.3, 0.4) is 0 Å². The Morgan fingerprint density at radius 3 is 2.58 bits per heavy atom. The van der Waals surface area contributed by atoms with Crippen LogP contribution in [-0.2, 0) is 11.2 Å². The third-order valence-corrected chi connectivity index (χ3v) is 2.77. The molecule has 0 bridgehead atoms. The van der Waals surface area contributed by atoms with Gasteiger partial charge in [0.15, 0.2) is 5.75 Å². The van der Waals surface area contributed by atoms with Crippen molar-refractivity contribution < 1.29 is 14.6 Å². The lowest BCUT2D eigenvalue weighted by Gasteiger charge is -2.07. The van der Waals surface area contributed by atoms with Crippen molar-refractivity contribution in [3.05, 3.63) is 39.6 Å². The molecule has 100 valence electrons. The summed E-state index contributed by atoms with van der Waals surface area (Å²) in [6.45, 7) is 1.74. The van der Waals surface area contributed by atoms with Crippen LogP contribution in [-0.4, -0.2) is 21.3 Å². The van der Waals surface area contributed by atoms with Crippen LogP contribution in [0.5, 0.6) is 11.5 Å². The molecule has 0 saturated carbocycles. The van der Waals surface area contributed by atoms with Gasteiger partial charge in [0.25, 0.3) is 0 Å². The Morgan fingerprint density at radius 2 is 2.00 bits per heavy atom. The number of aliphatic carboxylic acids is 1. The van der Waals surface area contributed by atoms with Crippen LogP contribution in [0.1, 0.15) is 11.4 Å². The van der Waals surface area contributed by atoms with Crippen LogP contribution in [0.15, 0.2) is 18.2 Å². The monoisotopic (exact) mass is 300 g/mol. The molecule has 0 fully saturated rings. The Morgan fingerprint density at radius 1 is 1.37 bits per heavy atom. The summed E-state index contributed by atoms with van der Waals surface area (Å²) in [4.78, 5) is 10.7. The number of nitrogens with one attached hydrogen (secondary N) is 1. The smallest absolute Gasteiger partial charge is 0.309 e. The summed E-state index contributed by atoms with van der Waals surface area (Å²) in [6.07, 6.45) is -0.228. The molecule has 1 aromatic heterocycles. The highest BCUT2D eigenvalue weighted by Gasteiger charge is 2.16. The number of benzene rings is 1. The number of aromatic nitrogens is 2. The summed E-state index contributed by atoms with van der Waals surface area (Å²) in [5.41, 5.74) is 0.952. The summed E-state index contributed by atoms with van der Waals surface area (Å²) >= 11 is 11.7. The summed E-state index contributed by atoms with van der Waals surface area (Å²) < 4.78 is 5.62. The molecule has 7 heteroatoms. The maximum Gasteiger partial charge on any atom is 0.309 e. The second kappa shape index (κ2) is 5.50. The number of rotatable bonds is 4. The van der Waals surface area contributed by atoms with Gasteiger partial charge in [-0.3, -0.25) is 9.89 Å². The first-order chi connectivity index (χ1) is 8.95. The number of carboxylic acid groups (broad SMARTS) is 1. The van der Waals surface area contributed by atoms with E-state index in [1.807, 2.05) is 0 Å². The van der Waals surface area contributed by atoms with Crippen molar-refractivity contribution in [3.8, 4) is 11.5 Å². The quantitative estimate of drug-likeness (QED) is 0.907. The van der Waals surface area contributed by atoms with E-state index in [1.165, 1.54) is 0 Å². The minimum atomic E-state index is -0.986. The van der Waals surface area contributed by atoms with Gasteiger partial charge in [0.2, 0.25) is 0 Å². The first-order valence-electron chi connectivity index (χ1n) is 5.35. The van der Waals surface area contributed by atoms with Crippen LogP contribution < -0.4 is 4.74 Å². The van der Waals surface area contributed by atoms with Crippen LogP contribution in [0.25, 0.3) is 0 Å². The molecule has 0 saturated heterocycles. The lowest BCUT2D eigenvalue weighted by atomic mass is 10.2. The van der Waals surface area contributed by atoms with E-state index in [4.69, 9.17) is 33.0 Å². The molecule has 0 radical (unpaired) electrons. The van der Waals surface area contributed by atoms with E-state index >= 15 is 0 Å². The molecule has 0 aliphatic carbocycles. The van der Waals surface area contributed by atoms with Crippen LogP contribution in [0, 0.1) is 6.92 Å². The molecule has 1 heterocycles. The van der Waals surface area contributed by atoms with Gasteiger partial charge >= 0.3 is 5.97 Å². The van der Waals surface area contributed by atoms with Crippen molar-refractivity contribution in [2.75, 3.05) is 0 Å². The summed E-state index contributed by atoms with van der Waals surface area (Å²) in [5.74, 6) is -0.185. The molecule has 0 atom stereocenters. The zero-order valence-corrected chi connectivity index (χ0v) is 11.4. The molecule has 1 aromatic carbocycles. The highest BCUT2D eigenvalue weighted by Crippen LogP contribution is 2.31. The predicted octanol–water partition coefficient (Wildman–Crippen LogP) is 3.44. The largest absolute Gasteiger partial charge is 0.481 e. The van der Waals surface area contributed by atoms with E-state index < -0.39 is 5.97 Å². The number of halogens is 2. The number of H-pyrrole nitrogens is 1. The average Bonchev–Trinajstić information content (AvgIpc) is 2.59. The predicted molar refractivity (Wildman–Crippen MR) is 71.2 cm³/mol. The molecule has 0 spiro atoms. The normalized spacial score (nSPS) is 10.5. The van der Waals surface area contributed by atoms with E-state index in [-0.39, 0.29) is 6.42 Å². The molecule has 2 aromatic rings. The topological polar surface area (TPSA) is 75.2 Å². The van der Waals surface area contributed by atoms with E-state index in [1.54, 1.807) is 25.1 Å². The number of aromatic amines is 1. The van der Waals surface area contributed by atoms with Crippen molar-refractivity contribution in [1.82, 2.24) is 10.2 Å². The Kier molecular flexibility index (Phi) is 3.97. The number of nitrogens with zero attached hydrogens (tertiary/aromatic N) is 1. The molecule has 0 aliphatic rings. The van der Waals surface area contributed by atoms with Crippen LogP contribution in [0.4, 0.5) is 0 Å². The highest BCUT2D eigenvalue weighted by molar-refractivity contribution is 6.34. The second-order valence-corrected chi connectivity index (χ2v) is 4.78. The fourth-order valence-electron chi connectivity index (χ4n) is 1.57. The lowest BCUT2D eigenvalue weighted by Crippen LogP contribution is -2.02. The van der Waals surface area contributed by atoms with Gasteiger partial charge in [0.1, 0.15) is 11.4 Å². The maximum atomic E-state index is 10.7. The van der Waals surface area contributed by atoms with Gasteiger partial charge in [0, 0.05) is 10.0 Å². The second-order valence-electron chi connectivity index (χ2n) is 3.90. The molecule has 0 amide bonds. The van der Waals surface area contributed by atoms with Crippen LogP contribution >= 0.6 is 23.2 Å². The number of ether oxygens (including phenoxy) is 1. The molecule has 0 aliphatic heterocycles. The van der Waals surface area contributed by atoms with Gasteiger partial charge in [-0.2, -0.15) is 5.10 Å². The molecular weight excluding hydrogens is 291 g/mol. The minimum absolute atomic E-state index is 0.228. The number of hydrogen-bond donors (Lipinski definition) is 2. The Bertz CT molecular complexity index is 605. The number of carbonyl (C=O) groups is 1. The van der Waals surface area contributed by atoms with Gasteiger partial charge in [-0.05, 0) is 25.1 Å². The van der Waals surface area contributed by atoms with E-state index in [9.17, 15) is 4.79 Å². The molecule has 2 N–H and O–H groups in total. The summed E-state index contributed by atoms with van der Waals surface area (Å²) in [5, 5.41) is 16.3.